The molecule has 0 aromatic heterocycles. The Labute approximate surface area is 117 Å². The summed E-state index contributed by atoms with van der Waals surface area (Å²) in [7, 11) is 0. The Balaban J connectivity index is 2.06. The smallest absolute Gasteiger partial charge is 0.124 e. The fourth-order valence-corrected chi connectivity index (χ4v) is 3.32. The maximum atomic E-state index is 13.3. The zero-order chi connectivity index (χ0) is 13.7. The lowest BCUT2D eigenvalue weighted by atomic mass is 10.1. The van der Waals surface area contributed by atoms with Crippen LogP contribution in [0.2, 0.25) is 0 Å². The molecule has 102 valence electrons. The lowest BCUT2D eigenvalue weighted by Gasteiger charge is -2.14. The van der Waals surface area contributed by atoms with Gasteiger partial charge >= 0.3 is 0 Å². The zero-order valence-electron chi connectivity index (χ0n) is 11.0. The number of halogens is 1. The van der Waals surface area contributed by atoms with Gasteiger partial charge in [-0.2, -0.15) is 11.8 Å². The number of nitrogens with two attached hydrogens (primary N) is 1. The Hall–Kier alpha value is -1.02. The van der Waals surface area contributed by atoms with Crippen LogP contribution < -0.4 is 5.73 Å². The first-order chi connectivity index (χ1) is 9.20. The second-order valence-corrected chi connectivity index (χ2v) is 5.75. The number of rotatable bonds is 3. The van der Waals surface area contributed by atoms with Gasteiger partial charge in [-0.15, -0.1) is 0 Å². The van der Waals surface area contributed by atoms with Gasteiger partial charge in [0.15, 0.2) is 0 Å². The van der Waals surface area contributed by atoms with Crippen LogP contribution in [0.4, 0.5) is 4.39 Å². The molecule has 2 unspecified atom stereocenters. The molecule has 0 bridgehead atoms. The van der Waals surface area contributed by atoms with Crippen LogP contribution in [0.15, 0.2) is 18.2 Å². The predicted molar refractivity (Wildman–Crippen MR) is 77.4 cm³/mol. The van der Waals surface area contributed by atoms with Crippen molar-refractivity contribution in [2.75, 3.05) is 13.2 Å². The summed E-state index contributed by atoms with van der Waals surface area (Å²) in [6, 6.07) is 4.77. The molecule has 1 aliphatic rings. The fourth-order valence-electron chi connectivity index (χ4n) is 2.06. The van der Waals surface area contributed by atoms with Crippen molar-refractivity contribution in [2.45, 2.75) is 30.5 Å². The van der Waals surface area contributed by atoms with Crippen molar-refractivity contribution >= 4 is 11.8 Å². The first-order valence-electron chi connectivity index (χ1n) is 6.41. The minimum absolute atomic E-state index is 0.257. The molecular formula is C15H18FNOS. The summed E-state index contributed by atoms with van der Waals surface area (Å²) in [4.78, 5) is 0. The molecule has 1 heterocycles. The Kier molecular flexibility index (Phi) is 5.26. The maximum absolute atomic E-state index is 13.3. The quantitative estimate of drug-likeness (QED) is 0.864. The van der Waals surface area contributed by atoms with E-state index >= 15 is 0 Å². The third-order valence-corrected chi connectivity index (χ3v) is 4.68. The standard InChI is InChI=1S/C15H18FNOS/c1-11-15(6-8-18-11)19-10-13-4-5-14(16)9-12(13)3-2-7-17/h4-5,9,11,15H,6-8,10,17H2,1H3. The average molecular weight is 279 g/mol. The number of hydrogen-bond donors (Lipinski definition) is 1. The lowest BCUT2D eigenvalue weighted by Crippen LogP contribution is -2.13. The van der Waals surface area contributed by atoms with Gasteiger partial charge in [0.2, 0.25) is 0 Å². The molecule has 2 nitrogen and oxygen atoms in total. The Morgan fingerprint density at radius 1 is 1.53 bits per heavy atom. The zero-order valence-corrected chi connectivity index (χ0v) is 11.8. The Bertz CT molecular complexity index is 495. The van der Waals surface area contributed by atoms with E-state index in [0.717, 1.165) is 29.9 Å². The van der Waals surface area contributed by atoms with Crippen LogP contribution in [0.25, 0.3) is 0 Å². The van der Waals surface area contributed by atoms with E-state index < -0.39 is 0 Å². The predicted octanol–water partition coefficient (Wildman–Crippen LogP) is 2.55. The first kappa shape index (κ1) is 14.4. The molecule has 2 rings (SSSR count). The second kappa shape index (κ2) is 6.95. The molecule has 0 spiro atoms. The van der Waals surface area contributed by atoms with Crippen molar-refractivity contribution in [3.8, 4) is 11.8 Å². The highest BCUT2D eigenvalue weighted by molar-refractivity contribution is 7.99. The summed E-state index contributed by atoms with van der Waals surface area (Å²) in [6.45, 7) is 3.23. The minimum Gasteiger partial charge on any atom is -0.377 e. The molecule has 1 aromatic carbocycles. The van der Waals surface area contributed by atoms with Gasteiger partial charge in [0.1, 0.15) is 5.82 Å². The molecule has 2 N–H and O–H groups in total. The summed E-state index contributed by atoms with van der Waals surface area (Å²) >= 11 is 1.85. The molecular weight excluding hydrogens is 261 g/mol. The average Bonchev–Trinajstić information content (AvgIpc) is 2.81. The normalized spacial score (nSPS) is 22.1. The Morgan fingerprint density at radius 2 is 2.37 bits per heavy atom. The lowest BCUT2D eigenvalue weighted by molar-refractivity contribution is 0.127. The molecule has 0 amide bonds. The van der Waals surface area contributed by atoms with Gasteiger partial charge in [0.25, 0.3) is 0 Å². The van der Waals surface area contributed by atoms with Crippen LogP contribution in [0.5, 0.6) is 0 Å². The number of thioether (sulfide) groups is 1. The molecule has 19 heavy (non-hydrogen) atoms. The van der Waals surface area contributed by atoms with E-state index in [4.69, 9.17) is 10.5 Å². The highest BCUT2D eigenvalue weighted by atomic mass is 32.2. The van der Waals surface area contributed by atoms with Gasteiger partial charge in [-0.3, -0.25) is 0 Å². The van der Waals surface area contributed by atoms with Crippen molar-refractivity contribution in [1.82, 2.24) is 0 Å². The number of hydrogen-bond acceptors (Lipinski definition) is 3. The van der Waals surface area contributed by atoms with Crippen molar-refractivity contribution < 1.29 is 9.13 Å². The number of benzene rings is 1. The van der Waals surface area contributed by atoms with Crippen molar-refractivity contribution in [1.29, 1.82) is 0 Å². The summed E-state index contributed by atoms with van der Waals surface area (Å²) in [5, 5.41) is 0.514. The van der Waals surface area contributed by atoms with Gasteiger partial charge < -0.3 is 10.5 Å². The van der Waals surface area contributed by atoms with E-state index in [1.807, 2.05) is 17.8 Å². The van der Waals surface area contributed by atoms with Crippen LogP contribution in [-0.2, 0) is 10.5 Å². The molecule has 0 aliphatic carbocycles. The minimum atomic E-state index is -0.257. The van der Waals surface area contributed by atoms with E-state index in [2.05, 4.69) is 18.8 Å². The second-order valence-electron chi connectivity index (χ2n) is 4.52. The summed E-state index contributed by atoms with van der Waals surface area (Å²) in [5.41, 5.74) is 7.17. The monoisotopic (exact) mass is 279 g/mol. The van der Waals surface area contributed by atoms with Crippen LogP contribution in [0.3, 0.4) is 0 Å². The molecule has 1 saturated heterocycles. The SMILES string of the molecule is CC1OCCC1SCc1ccc(F)cc1C#CCN. The highest BCUT2D eigenvalue weighted by Crippen LogP contribution is 2.29. The summed E-state index contributed by atoms with van der Waals surface area (Å²) < 4.78 is 18.8. The van der Waals surface area contributed by atoms with Crippen LogP contribution in [-0.4, -0.2) is 24.5 Å². The van der Waals surface area contributed by atoms with Gasteiger partial charge in [-0.05, 0) is 31.0 Å². The fraction of sp³-hybridized carbons (Fsp3) is 0.467. The summed E-state index contributed by atoms with van der Waals surface area (Å²) in [5.74, 6) is 6.30. The third-order valence-electron chi connectivity index (χ3n) is 3.16. The molecule has 4 heteroatoms. The van der Waals surface area contributed by atoms with E-state index in [-0.39, 0.29) is 12.4 Å². The van der Waals surface area contributed by atoms with Crippen molar-refractivity contribution in [2.24, 2.45) is 5.73 Å². The first-order valence-corrected chi connectivity index (χ1v) is 7.46. The van der Waals surface area contributed by atoms with E-state index in [1.54, 1.807) is 0 Å². The van der Waals surface area contributed by atoms with Gasteiger partial charge in [0.05, 0.1) is 12.6 Å². The van der Waals surface area contributed by atoms with Crippen molar-refractivity contribution in [3.63, 3.8) is 0 Å². The molecule has 2 atom stereocenters. The molecule has 0 radical (unpaired) electrons. The van der Waals surface area contributed by atoms with Crippen LogP contribution in [0.1, 0.15) is 24.5 Å². The highest BCUT2D eigenvalue weighted by Gasteiger charge is 2.24. The Morgan fingerprint density at radius 3 is 3.05 bits per heavy atom. The molecule has 0 saturated carbocycles. The maximum Gasteiger partial charge on any atom is 0.124 e. The van der Waals surface area contributed by atoms with E-state index in [0.29, 0.717) is 11.4 Å². The van der Waals surface area contributed by atoms with Gasteiger partial charge in [-0.1, -0.05) is 17.9 Å². The van der Waals surface area contributed by atoms with Crippen molar-refractivity contribution in [3.05, 3.63) is 35.1 Å². The molecule has 1 aromatic rings. The van der Waals surface area contributed by atoms with Crippen LogP contribution in [0, 0.1) is 17.7 Å². The van der Waals surface area contributed by atoms with E-state index in [1.165, 1.54) is 12.1 Å². The molecule has 1 fully saturated rings. The van der Waals surface area contributed by atoms with Gasteiger partial charge in [-0.25, -0.2) is 4.39 Å². The van der Waals surface area contributed by atoms with Gasteiger partial charge in [0, 0.05) is 23.2 Å². The number of ether oxygens (including phenoxy) is 1. The largest absolute Gasteiger partial charge is 0.377 e. The summed E-state index contributed by atoms with van der Waals surface area (Å²) in [6.07, 6.45) is 1.38. The topological polar surface area (TPSA) is 35.2 Å². The molecule has 1 aliphatic heterocycles. The third kappa shape index (κ3) is 3.97. The van der Waals surface area contributed by atoms with E-state index in [9.17, 15) is 4.39 Å². The van der Waals surface area contributed by atoms with Crippen LogP contribution >= 0.6 is 11.8 Å².